The monoisotopic (exact) mass is 240 g/mol. The number of aliphatic hydroxyl groups is 2. The van der Waals surface area contributed by atoms with Crippen LogP contribution in [0.2, 0.25) is 0 Å². The summed E-state index contributed by atoms with van der Waals surface area (Å²) >= 11 is 0. The highest BCUT2D eigenvalue weighted by Gasteiger charge is 2.25. The summed E-state index contributed by atoms with van der Waals surface area (Å²) in [7, 11) is 0. The van der Waals surface area contributed by atoms with E-state index in [-0.39, 0.29) is 5.82 Å². The summed E-state index contributed by atoms with van der Waals surface area (Å²) in [5, 5.41) is 18.7. The Morgan fingerprint density at radius 3 is 2.41 bits per heavy atom. The summed E-state index contributed by atoms with van der Waals surface area (Å²) in [6.07, 6.45) is 3.98. The maximum absolute atomic E-state index is 9.72. The summed E-state index contributed by atoms with van der Waals surface area (Å²) in [6.45, 7) is 5.92. The zero-order chi connectivity index (χ0) is 12.9. The molecule has 2 N–H and O–H groups in total. The Balaban J connectivity index is 2.56. The van der Waals surface area contributed by atoms with Crippen LogP contribution in [0, 0.1) is 5.92 Å². The Kier molecular flexibility index (Phi) is 4.84. The molecule has 0 fully saturated rings. The van der Waals surface area contributed by atoms with Crippen molar-refractivity contribution in [3.8, 4) is 5.75 Å². The predicted octanol–water partition coefficient (Wildman–Crippen LogP) is 1.10. The molecule has 5 heteroatoms. The first-order valence-corrected chi connectivity index (χ1v) is 5.74. The van der Waals surface area contributed by atoms with Crippen LogP contribution in [0.5, 0.6) is 5.75 Å². The van der Waals surface area contributed by atoms with E-state index in [2.05, 4.69) is 23.8 Å². The van der Waals surface area contributed by atoms with E-state index in [1.807, 2.05) is 0 Å². The van der Waals surface area contributed by atoms with E-state index >= 15 is 0 Å². The third-order valence-electron chi connectivity index (χ3n) is 2.38. The summed E-state index contributed by atoms with van der Waals surface area (Å²) in [6, 6.07) is 0. The molecule has 0 bridgehead atoms. The number of rotatable bonds is 6. The maximum atomic E-state index is 9.72. The summed E-state index contributed by atoms with van der Waals surface area (Å²) in [4.78, 5) is 7.95. The zero-order valence-corrected chi connectivity index (χ0v) is 10.6. The molecule has 1 rings (SSSR count). The van der Waals surface area contributed by atoms with Crippen LogP contribution in [0.1, 0.15) is 33.0 Å². The van der Waals surface area contributed by atoms with Gasteiger partial charge in [0.25, 0.3) is 0 Å². The van der Waals surface area contributed by atoms with Gasteiger partial charge in [0.15, 0.2) is 11.6 Å². The average molecular weight is 240 g/mol. The molecular formula is C12H20N2O3. The number of hydrogen-bond donors (Lipinski definition) is 2. The molecule has 0 radical (unpaired) electrons. The Morgan fingerprint density at radius 2 is 1.94 bits per heavy atom. The third-order valence-corrected chi connectivity index (χ3v) is 2.38. The minimum absolute atomic E-state index is 0.191. The highest BCUT2D eigenvalue weighted by molar-refractivity contribution is 5.14. The van der Waals surface area contributed by atoms with E-state index in [4.69, 9.17) is 9.84 Å². The minimum atomic E-state index is -1.41. The number of ether oxygens (including phenoxy) is 1. The van der Waals surface area contributed by atoms with Crippen molar-refractivity contribution in [1.29, 1.82) is 0 Å². The van der Waals surface area contributed by atoms with Gasteiger partial charge in [0.05, 0.1) is 25.6 Å². The van der Waals surface area contributed by atoms with Gasteiger partial charge in [-0.15, -0.1) is 0 Å². The van der Waals surface area contributed by atoms with Crippen molar-refractivity contribution in [3.05, 3.63) is 18.2 Å². The minimum Gasteiger partial charge on any atom is -0.490 e. The van der Waals surface area contributed by atoms with E-state index in [1.165, 1.54) is 19.3 Å². The molecule has 0 saturated carbocycles. The van der Waals surface area contributed by atoms with E-state index in [0.717, 1.165) is 6.42 Å². The topological polar surface area (TPSA) is 75.5 Å². The summed E-state index contributed by atoms with van der Waals surface area (Å²) in [5.74, 6) is 1.35. The quantitative estimate of drug-likeness (QED) is 0.778. The van der Waals surface area contributed by atoms with Gasteiger partial charge in [-0.3, -0.25) is 0 Å². The van der Waals surface area contributed by atoms with Crippen molar-refractivity contribution in [1.82, 2.24) is 9.97 Å². The van der Waals surface area contributed by atoms with Crippen molar-refractivity contribution in [2.75, 3.05) is 13.2 Å². The molecule has 1 aromatic heterocycles. The van der Waals surface area contributed by atoms with Crippen molar-refractivity contribution < 1.29 is 14.9 Å². The summed E-state index contributed by atoms with van der Waals surface area (Å²) < 4.78 is 5.45. The fourth-order valence-corrected chi connectivity index (χ4v) is 1.15. The van der Waals surface area contributed by atoms with Gasteiger partial charge in [-0.1, -0.05) is 13.8 Å². The molecule has 0 saturated heterocycles. The molecule has 0 aliphatic carbocycles. The largest absolute Gasteiger partial charge is 0.490 e. The first kappa shape index (κ1) is 13.9. The lowest BCUT2D eigenvalue weighted by molar-refractivity contribution is -0.00983. The van der Waals surface area contributed by atoms with Crippen molar-refractivity contribution in [3.63, 3.8) is 0 Å². The van der Waals surface area contributed by atoms with Gasteiger partial charge in [-0.25, -0.2) is 9.97 Å². The molecule has 96 valence electrons. The number of aromatic nitrogens is 2. The van der Waals surface area contributed by atoms with Crippen LogP contribution in [-0.2, 0) is 5.60 Å². The van der Waals surface area contributed by atoms with Gasteiger partial charge in [-0.2, -0.15) is 0 Å². The van der Waals surface area contributed by atoms with Crippen molar-refractivity contribution in [2.24, 2.45) is 5.92 Å². The second-order valence-electron chi connectivity index (χ2n) is 4.71. The van der Waals surface area contributed by atoms with Crippen LogP contribution in [0.4, 0.5) is 0 Å². The standard InChI is InChI=1S/C12H20N2O3/c1-9(2)4-5-17-10-6-13-11(14-7-10)12(3,16)8-15/h6-7,9,15-16H,4-5,8H2,1-3H3. The van der Waals surface area contributed by atoms with E-state index in [0.29, 0.717) is 18.3 Å². The van der Waals surface area contributed by atoms with Gasteiger partial charge >= 0.3 is 0 Å². The van der Waals surface area contributed by atoms with Crippen LogP contribution >= 0.6 is 0 Å². The van der Waals surface area contributed by atoms with Gasteiger partial charge < -0.3 is 14.9 Å². The predicted molar refractivity (Wildman–Crippen MR) is 63.6 cm³/mol. The molecule has 0 amide bonds. The van der Waals surface area contributed by atoms with E-state index in [1.54, 1.807) is 0 Å². The number of hydrogen-bond acceptors (Lipinski definition) is 5. The molecule has 17 heavy (non-hydrogen) atoms. The lowest BCUT2D eigenvalue weighted by Gasteiger charge is -2.18. The second-order valence-corrected chi connectivity index (χ2v) is 4.71. The van der Waals surface area contributed by atoms with E-state index in [9.17, 15) is 5.11 Å². The van der Waals surface area contributed by atoms with E-state index < -0.39 is 12.2 Å². The van der Waals surface area contributed by atoms with Crippen LogP contribution in [0.3, 0.4) is 0 Å². The SMILES string of the molecule is CC(C)CCOc1cnc(C(C)(O)CO)nc1. The lowest BCUT2D eigenvalue weighted by atomic mass is 10.1. The Bertz CT molecular complexity index is 336. The normalized spacial score (nSPS) is 14.7. The first-order chi connectivity index (χ1) is 7.95. The van der Waals surface area contributed by atoms with Gasteiger partial charge in [-0.05, 0) is 19.3 Å². The highest BCUT2D eigenvalue weighted by Crippen LogP contribution is 2.17. The fraction of sp³-hybridized carbons (Fsp3) is 0.667. The molecule has 1 unspecified atom stereocenters. The molecule has 0 aliphatic heterocycles. The second kappa shape index (κ2) is 5.93. The third kappa shape index (κ3) is 4.28. The fourth-order valence-electron chi connectivity index (χ4n) is 1.15. The molecule has 1 heterocycles. The molecule has 0 aliphatic rings. The number of nitrogens with zero attached hydrogens (tertiary/aromatic N) is 2. The summed E-state index contributed by atoms with van der Waals surface area (Å²) in [5.41, 5.74) is -1.41. The molecular weight excluding hydrogens is 220 g/mol. The Hall–Kier alpha value is -1.20. The Labute approximate surface area is 101 Å². The molecule has 0 aromatic carbocycles. The van der Waals surface area contributed by atoms with Gasteiger partial charge in [0.1, 0.15) is 5.60 Å². The smallest absolute Gasteiger partial charge is 0.162 e. The highest BCUT2D eigenvalue weighted by atomic mass is 16.5. The maximum Gasteiger partial charge on any atom is 0.162 e. The van der Waals surface area contributed by atoms with Gasteiger partial charge in [0.2, 0.25) is 0 Å². The number of aliphatic hydroxyl groups excluding tert-OH is 1. The molecule has 1 aromatic rings. The lowest BCUT2D eigenvalue weighted by Crippen LogP contribution is -2.28. The zero-order valence-electron chi connectivity index (χ0n) is 10.6. The van der Waals surface area contributed by atoms with Crippen molar-refractivity contribution in [2.45, 2.75) is 32.8 Å². The molecule has 5 nitrogen and oxygen atoms in total. The van der Waals surface area contributed by atoms with Crippen LogP contribution in [0.25, 0.3) is 0 Å². The van der Waals surface area contributed by atoms with Crippen molar-refractivity contribution >= 4 is 0 Å². The Morgan fingerprint density at radius 1 is 1.35 bits per heavy atom. The average Bonchev–Trinajstić information content (AvgIpc) is 2.29. The first-order valence-electron chi connectivity index (χ1n) is 5.74. The molecule has 1 atom stereocenters. The van der Waals surface area contributed by atoms with Crippen LogP contribution in [-0.4, -0.2) is 33.4 Å². The van der Waals surface area contributed by atoms with Gasteiger partial charge in [0, 0.05) is 0 Å². The van der Waals surface area contributed by atoms with Crippen LogP contribution in [0.15, 0.2) is 12.4 Å². The van der Waals surface area contributed by atoms with Crippen LogP contribution < -0.4 is 4.74 Å². The molecule has 0 spiro atoms.